The van der Waals surface area contributed by atoms with Gasteiger partial charge in [-0.25, -0.2) is 0 Å². The lowest BCUT2D eigenvalue weighted by Gasteiger charge is -2.45. The summed E-state index contributed by atoms with van der Waals surface area (Å²) in [6, 6.07) is 4.19. The van der Waals surface area contributed by atoms with Gasteiger partial charge in [-0.2, -0.15) is 0 Å². The monoisotopic (exact) mass is 248 g/mol. The van der Waals surface area contributed by atoms with Crippen LogP contribution in [0, 0.1) is 5.92 Å². The summed E-state index contributed by atoms with van der Waals surface area (Å²) in [5.41, 5.74) is 1.56. The van der Waals surface area contributed by atoms with Gasteiger partial charge in [-0.3, -0.25) is 9.88 Å². The first-order valence-corrected chi connectivity index (χ1v) is 6.86. The number of hydrogen-bond donors (Lipinski definition) is 1. The van der Waals surface area contributed by atoms with Crippen molar-refractivity contribution in [2.24, 2.45) is 5.92 Å². The third kappa shape index (κ3) is 3.30. The first-order valence-electron chi connectivity index (χ1n) is 6.86. The summed E-state index contributed by atoms with van der Waals surface area (Å²) in [5.74, 6) is 0.679. The van der Waals surface area contributed by atoms with Crippen LogP contribution in [0.4, 0.5) is 0 Å². The zero-order chi connectivity index (χ0) is 13.0. The van der Waals surface area contributed by atoms with Gasteiger partial charge in [0.05, 0.1) is 0 Å². The quantitative estimate of drug-likeness (QED) is 0.889. The van der Waals surface area contributed by atoms with E-state index in [1.54, 1.807) is 0 Å². The van der Waals surface area contributed by atoms with Gasteiger partial charge in [0, 0.05) is 31.1 Å². The van der Waals surface area contributed by atoms with Crippen LogP contribution in [0.3, 0.4) is 0 Å². The van der Waals surface area contributed by atoms with E-state index in [0.29, 0.717) is 12.5 Å². The zero-order valence-corrected chi connectivity index (χ0v) is 11.5. The molecular weight excluding hydrogens is 224 g/mol. The molecule has 1 N–H and O–H groups in total. The Morgan fingerprint density at radius 3 is 2.72 bits per heavy atom. The number of likely N-dealkylation sites (tertiary alicyclic amines) is 1. The van der Waals surface area contributed by atoms with Crippen LogP contribution in [0.2, 0.25) is 0 Å². The Kier molecular flexibility index (Phi) is 4.36. The van der Waals surface area contributed by atoms with Gasteiger partial charge in [-0.1, -0.05) is 0 Å². The minimum Gasteiger partial charge on any atom is -0.396 e. The van der Waals surface area contributed by atoms with E-state index >= 15 is 0 Å². The molecule has 1 atom stereocenters. The molecule has 1 aliphatic rings. The summed E-state index contributed by atoms with van der Waals surface area (Å²) >= 11 is 0. The molecule has 1 unspecified atom stereocenters. The molecule has 1 aromatic rings. The molecule has 100 valence electrons. The predicted octanol–water partition coefficient (Wildman–Crippen LogP) is 2.45. The van der Waals surface area contributed by atoms with Gasteiger partial charge < -0.3 is 5.11 Å². The number of aromatic nitrogens is 1. The summed E-state index contributed by atoms with van der Waals surface area (Å²) < 4.78 is 0. The lowest BCUT2D eigenvalue weighted by molar-refractivity contribution is 0.0324. The number of pyridine rings is 1. The molecule has 0 bridgehead atoms. The van der Waals surface area contributed by atoms with E-state index in [2.05, 4.69) is 35.9 Å². The van der Waals surface area contributed by atoms with Gasteiger partial charge in [-0.15, -0.1) is 0 Å². The average molecular weight is 248 g/mol. The summed E-state index contributed by atoms with van der Waals surface area (Å²) in [4.78, 5) is 6.62. The smallest absolute Gasteiger partial charge is 0.0433 e. The standard InChI is InChI=1S/C15H24N2O/c1-15(2)11-13(6-10-18)5-9-17(15)12-14-3-7-16-8-4-14/h3-4,7-8,13,18H,5-6,9-12H2,1-2H3. The third-order valence-corrected chi connectivity index (χ3v) is 4.11. The molecule has 2 heterocycles. The van der Waals surface area contributed by atoms with Crippen LogP contribution < -0.4 is 0 Å². The molecule has 0 amide bonds. The zero-order valence-electron chi connectivity index (χ0n) is 11.5. The first kappa shape index (κ1) is 13.5. The van der Waals surface area contributed by atoms with Crippen LogP contribution in [-0.4, -0.2) is 33.7 Å². The van der Waals surface area contributed by atoms with Crippen molar-refractivity contribution in [3.8, 4) is 0 Å². The van der Waals surface area contributed by atoms with Crippen LogP contribution in [0.1, 0.15) is 38.7 Å². The van der Waals surface area contributed by atoms with Crippen LogP contribution in [0.15, 0.2) is 24.5 Å². The van der Waals surface area contributed by atoms with Crippen molar-refractivity contribution in [1.29, 1.82) is 0 Å². The number of piperidine rings is 1. The van der Waals surface area contributed by atoms with Crippen molar-refractivity contribution in [3.63, 3.8) is 0 Å². The van der Waals surface area contributed by atoms with E-state index in [1.165, 1.54) is 18.4 Å². The SMILES string of the molecule is CC1(C)CC(CCO)CCN1Cc1ccncc1. The maximum absolute atomic E-state index is 9.07. The van der Waals surface area contributed by atoms with Crippen molar-refractivity contribution in [3.05, 3.63) is 30.1 Å². The van der Waals surface area contributed by atoms with Gasteiger partial charge in [0.2, 0.25) is 0 Å². The van der Waals surface area contributed by atoms with Gasteiger partial charge in [-0.05, 0) is 63.3 Å². The summed E-state index contributed by atoms with van der Waals surface area (Å²) in [6.45, 7) is 7.09. The number of hydrogen-bond acceptors (Lipinski definition) is 3. The van der Waals surface area contributed by atoms with Crippen LogP contribution in [-0.2, 0) is 6.54 Å². The van der Waals surface area contributed by atoms with E-state index in [0.717, 1.165) is 19.5 Å². The fourth-order valence-electron chi connectivity index (χ4n) is 3.01. The third-order valence-electron chi connectivity index (χ3n) is 4.11. The van der Waals surface area contributed by atoms with E-state index < -0.39 is 0 Å². The van der Waals surface area contributed by atoms with E-state index in [9.17, 15) is 0 Å². The van der Waals surface area contributed by atoms with Gasteiger partial charge in [0.1, 0.15) is 0 Å². The fraction of sp³-hybridized carbons (Fsp3) is 0.667. The Labute approximate surface area is 110 Å². The summed E-state index contributed by atoms with van der Waals surface area (Å²) in [7, 11) is 0. The Morgan fingerprint density at radius 2 is 2.11 bits per heavy atom. The van der Waals surface area contributed by atoms with E-state index in [1.807, 2.05) is 12.4 Å². The molecule has 0 spiro atoms. The van der Waals surface area contributed by atoms with Gasteiger partial charge in [0.15, 0.2) is 0 Å². The first-order chi connectivity index (χ1) is 8.62. The molecule has 3 nitrogen and oxygen atoms in total. The highest BCUT2D eigenvalue weighted by atomic mass is 16.3. The second-order valence-electron chi connectivity index (χ2n) is 5.96. The normalized spacial score (nSPS) is 24.1. The highest BCUT2D eigenvalue weighted by Gasteiger charge is 2.34. The maximum atomic E-state index is 9.07. The second kappa shape index (κ2) is 5.81. The van der Waals surface area contributed by atoms with Crippen LogP contribution >= 0.6 is 0 Å². The molecule has 0 aliphatic carbocycles. The minimum atomic E-state index is 0.224. The molecule has 1 fully saturated rings. The molecule has 0 saturated carbocycles. The average Bonchev–Trinajstić information content (AvgIpc) is 2.34. The molecule has 18 heavy (non-hydrogen) atoms. The number of nitrogens with zero attached hydrogens (tertiary/aromatic N) is 2. The second-order valence-corrected chi connectivity index (χ2v) is 5.96. The molecule has 2 rings (SSSR count). The highest BCUT2D eigenvalue weighted by molar-refractivity contribution is 5.10. The Hall–Kier alpha value is -0.930. The predicted molar refractivity (Wildman–Crippen MR) is 73.2 cm³/mol. The topological polar surface area (TPSA) is 36.4 Å². The summed E-state index contributed by atoms with van der Waals surface area (Å²) in [6.07, 6.45) is 7.06. The minimum absolute atomic E-state index is 0.224. The molecule has 1 saturated heterocycles. The highest BCUT2D eigenvalue weighted by Crippen LogP contribution is 2.33. The van der Waals surface area contributed by atoms with Crippen LogP contribution in [0.5, 0.6) is 0 Å². The number of aliphatic hydroxyl groups excluding tert-OH is 1. The van der Waals surface area contributed by atoms with Crippen LogP contribution in [0.25, 0.3) is 0 Å². The molecule has 1 aromatic heterocycles. The Balaban J connectivity index is 1.98. The summed E-state index contributed by atoms with van der Waals surface area (Å²) in [5, 5.41) is 9.07. The lowest BCUT2D eigenvalue weighted by Crippen LogP contribution is -2.49. The molecule has 0 radical (unpaired) electrons. The van der Waals surface area contributed by atoms with Crippen molar-refractivity contribution >= 4 is 0 Å². The van der Waals surface area contributed by atoms with Crippen molar-refractivity contribution < 1.29 is 5.11 Å². The maximum Gasteiger partial charge on any atom is 0.0433 e. The van der Waals surface area contributed by atoms with E-state index in [4.69, 9.17) is 5.11 Å². The Morgan fingerprint density at radius 1 is 1.39 bits per heavy atom. The van der Waals surface area contributed by atoms with Gasteiger partial charge >= 0.3 is 0 Å². The van der Waals surface area contributed by atoms with Gasteiger partial charge in [0.25, 0.3) is 0 Å². The van der Waals surface area contributed by atoms with Crippen molar-refractivity contribution in [2.45, 2.75) is 45.2 Å². The molecule has 0 aromatic carbocycles. The number of aliphatic hydroxyl groups is 1. The largest absolute Gasteiger partial charge is 0.396 e. The molecule has 1 aliphatic heterocycles. The lowest BCUT2D eigenvalue weighted by atomic mass is 9.81. The van der Waals surface area contributed by atoms with Crippen molar-refractivity contribution in [1.82, 2.24) is 9.88 Å². The van der Waals surface area contributed by atoms with E-state index in [-0.39, 0.29) is 5.54 Å². The Bertz CT molecular complexity index is 364. The molecule has 3 heteroatoms. The van der Waals surface area contributed by atoms with Crippen molar-refractivity contribution in [2.75, 3.05) is 13.2 Å². The fourth-order valence-corrected chi connectivity index (χ4v) is 3.01. The molecular formula is C15H24N2O. The number of rotatable bonds is 4.